The van der Waals surface area contributed by atoms with Crippen LogP contribution in [0.1, 0.15) is 33.1 Å². The molecule has 1 nitrogen and oxygen atoms in total. The smallest absolute Gasteiger partial charge is 0.248 e. The predicted octanol–water partition coefficient (Wildman–Crippen LogP) is 2.65. The van der Waals surface area contributed by atoms with Crippen LogP contribution in [-0.2, 0) is 4.79 Å². The lowest BCUT2D eigenvalue weighted by molar-refractivity contribution is -0.127. The van der Waals surface area contributed by atoms with Crippen LogP contribution in [0.2, 0.25) is 0 Å². The van der Waals surface area contributed by atoms with Gasteiger partial charge in [0.05, 0.1) is 5.92 Å². The number of carbonyl (C=O) groups is 1. The third-order valence-corrected chi connectivity index (χ3v) is 1.67. The van der Waals surface area contributed by atoms with E-state index < -0.39 is 12.3 Å². The molecule has 0 aromatic heterocycles. The van der Waals surface area contributed by atoms with Gasteiger partial charge in [-0.2, -0.15) is 0 Å². The van der Waals surface area contributed by atoms with E-state index >= 15 is 0 Å². The number of hydrogen-bond acceptors (Lipinski definition) is 1. The van der Waals surface area contributed by atoms with E-state index in [9.17, 15) is 13.6 Å². The van der Waals surface area contributed by atoms with Gasteiger partial charge in [-0.15, -0.1) is 0 Å². The van der Waals surface area contributed by atoms with Gasteiger partial charge in [-0.1, -0.05) is 20.3 Å². The molecule has 0 aliphatic rings. The van der Waals surface area contributed by atoms with Crippen molar-refractivity contribution in [2.45, 2.75) is 39.5 Å². The first-order chi connectivity index (χ1) is 5.13. The van der Waals surface area contributed by atoms with Crippen LogP contribution in [0.5, 0.6) is 0 Å². The maximum Gasteiger partial charge on any atom is 0.248 e. The molecule has 0 spiro atoms. The zero-order valence-corrected chi connectivity index (χ0v) is 6.94. The summed E-state index contributed by atoms with van der Waals surface area (Å²) in [5, 5.41) is 0. The van der Waals surface area contributed by atoms with E-state index in [1.165, 1.54) is 0 Å². The summed E-state index contributed by atoms with van der Waals surface area (Å²) >= 11 is 0. The standard InChI is InChI=1S/C8H14F2O/c1-3-5-6(8(9)10)7(11)4-2/h6,8H,3-5H2,1-2H3. The maximum absolute atomic E-state index is 12.1. The van der Waals surface area contributed by atoms with Crippen LogP contribution in [0.4, 0.5) is 8.78 Å². The Morgan fingerprint density at radius 1 is 1.36 bits per heavy atom. The fraction of sp³-hybridized carbons (Fsp3) is 0.875. The quantitative estimate of drug-likeness (QED) is 0.610. The molecule has 0 saturated carbocycles. The van der Waals surface area contributed by atoms with Crippen LogP contribution >= 0.6 is 0 Å². The highest BCUT2D eigenvalue weighted by molar-refractivity contribution is 5.80. The third-order valence-electron chi connectivity index (χ3n) is 1.67. The molecule has 1 atom stereocenters. The van der Waals surface area contributed by atoms with Crippen LogP contribution in [0, 0.1) is 5.92 Å². The topological polar surface area (TPSA) is 17.1 Å². The van der Waals surface area contributed by atoms with Gasteiger partial charge in [0.2, 0.25) is 6.43 Å². The summed E-state index contributed by atoms with van der Waals surface area (Å²) in [5.74, 6) is -1.34. The SMILES string of the molecule is CCCC(C(=O)CC)C(F)F. The van der Waals surface area contributed by atoms with Gasteiger partial charge < -0.3 is 0 Å². The molecule has 66 valence electrons. The van der Waals surface area contributed by atoms with Crippen molar-refractivity contribution in [3.8, 4) is 0 Å². The zero-order valence-electron chi connectivity index (χ0n) is 6.94. The Kier molecular flexibility index (Phi) is 4.99. The molecule has 0 aliphatic carbocycles. The van der Waals surface area contributed by atoms with Gasteiger partial charge in [-0.25, -0.2) is 8.78 Å². The number of hydrogen-bond donors (Lipinski definition) is 0. The number of Topliss-reactive ketones (excluding diaryl/α,β-unsaturated/α-hetero) is 1. The molecule has 0 N–H and O–H groups in total. The zero-order chi connectivity index (χ0) is 8.85. The van der Waals surface area contributed by atoms with E-state index in [-0.39, 0.29) is 12.2 Å². The monoisotopic (exact) mass is 164 g/mol. The van der Waals surface area contributed by atoms with Crippen molar-refractivity contribution >= 4 is 5.78 Å². The minimum absolute atomic E-state index is 0.217. The van der Waals surface area contributed by atoms with Crippen LogP contribution in [-0.4, -0.2) is 12.2 Å². The Balaban J connectivity index is 3.98. The molecule has 3 heteroatoms. The molecule has 0 aliphatic heterocycles. The normalized spacial score (nSPS) is 13.5. The van der Waals surface area contributed by atoms with Crippen LogP contribution < -0.4 is 0 Å². The van der Waals surface area contributed by atoms with Crippen molar-refractivity contribution in [2.24, 2.45) is 5.92 Å². The molecule has 1 unspecified atom stereocenters. The Morgan fingerprint density at radius 3 is 2.18 bits per heavy atom. The van der Waals surface area contributed by atoms with E-state index in [0.29, 0.717) is 12.8 Å². The van der Waals surface area contributed by atoms with E-state index in [0.717, 1.165) is 0 Å². The second-order valence-electron chi connectivity index (χ2n) is 2.55. The molecule has 0 bridgehead atoms. The lowest BCUT2D eigenvalue weighted by atomic mass is 9.98. The summed E-state index contributed by atoms with van der Waals surface area (Å²) in [5.41, 5.74) is 0. The molecule has 0 heterocycles. The van der Waals surface area contributed by atoms with Crippen molar-refractivity contribution in [3.63, 3.8) is 0 Å². The third kappa shape index (κ3) is 3.44. The van der Waals surface area contributed by atoms with Crippen molar-refractivity contribution < 1.29 is 13.6 Å². The predicted molar refractivity (Wildman–Crippen MR) is 39.7 cm³/mol. The van der Waals surface area contributed by atoms with Gasteiger partial charge in [0, 0.05) is 6.42 Å². The Morgan fingerprint density at radius 2 is 1.91 bits per heavy atom. The largest absolute Gasteiger partial charge is 0.299 e. The van der Waals surface area contributed by atoms with Gasteiger partial charge in [0.25, 0.3) is 0 Å². The Labute approximate surface area is 65.8 Å². The number of halogens is 2. The second-order valence-corrected chi connectivity index (χ2v) is 2.55. The van der Waals surface area contributed by atoms with Gasteiger partial charge in [-0.3, -0.25) is 4.79 Å². The summed E-state index contributed by atoms with van der Waals surface area (Å²) in [6, 6.07) is 0. The summed E-state index contributed by atoms with van der Waals surface area (Å²) in [6.45, 7) is 3.42. The molecule has 11 heavy (non-hydrogen) atoms. The summed E-state index contributed by atoms with van der Waals surface area (Å²) in [7, 11) is 0. The molecular formula is C8H14F2O. The molecule has 0 rings (SSSR count). The first-order valence-corrected chi connectivity index (χ1v) is 3.94. The van der Waals surface area contributed by atoms with Crippen molar-refractivity contribution in [2.75, 3.05) is 0 Å². The molecule has 0 radical (unpaired) electrons. The maximum atomic E-state index is 12.1. The van der Waals surface area contributed by atoms with Gasteiger partial charge in [-0.05, 0) is 6.42 Å². The minimum atomic E-state index is -2.48. The Hall–Kier alpha value is -0.470. The van der Waals surface area contributed by atoms with Crippen LogP contribution in [0.3, 0.4) is 0 Å². The summed E-state index contributed by atoms with van der Waals surface area (Å²) in [6.07, 6.45) is -1.32. The first kappa shape index (κ1) is 10.5. The van der Waals surface area contributed by atoms with E-state index in [1.807, 2.05) is 0 Å². The molecule has 0 amide bonds. The molecule has 0 saturated heterocycles. The number of rotatable bonds is 5. The number of carbonyl (C=O) groups excluding carboxylic acids is 1. The van der Waals surface area contributed by atoms with E-state index in [1.54, 1.807) is 13.8 Å². The lowest BCUT2D eigenvalue weighted by Gasteiger charge is -2.11. The van der Waals surface area contributed by atoms with Crippen LogP contribution in [0.25, 0.3) is 0 Å². The highest BCUT2D eigenvalue weighted by atomic mass is 19.3. The van der Waals surface area contributed by atoms with Gasteiger partial charge >= 0.3 is 0 Å². The summed E-state index contributed by atoms with van der Waals surface area (Å²) < 4.78 is 24.2. The summed E-state index contributed by atoms with van der Waals surface area (Å²) in [4.78, 5) is 10.9. The first-order valence-electron chi connectivity index (χ1n) is 3.94. The van der Waals surface area contributed by atoms with Gasteiger partial charge in [0.15, 0.2) is 0 Å². The minimum Gasteiger partial charge on any atom is -0.299 e. The van der Waals surface area contributed by atoms with E-state index in [4.69, 9.17) is 0 Å². The fourth-order valence-corrected chi connectivity index (χ4v) is 1.00. The fourth-order valence-electron chi connectivity index (χ4n) is 1.00. The van der Waals surface area contributed by atoms with Crippen molar-refractivity contribution in [1.82, 2.24) is 0 Å². The van der Waals surface area contributed by atoms with Crippen LogP contribution in [0.15, 0.2) is 0 Å². The number of ketones is 1. The molecule has 0 aromatic rings. The molecule has 0 fully saturated rings. The molecule has 0 aromatic carbocycles. The van der Waals surface area contributed by atoms with Gasteiger partial charge in [0.1, 0.15) is 5.78 Å². The lowest BCUT2D eigenvalue weighted by Crippen LogP contribution is -2.21. The highest BCUT2D eigenvalue weighted by Crippen LogP contribution is 2.18. The average molecular weight is 164 g/mol. The second kappa shape index (κ2) is 5.22. The van der Waals surface area contributed by atoms with Crippen molar-refractivity contribution in [1.29, 1.82) is 0 Å². The molecular weight excluding hydrogens is 150 g/mol. The average Bonchev–Trinajstić information content (AvgIpc) is 1.98. The highest BCUT2D eigenvalue weighted by Gasteiger charge is 2.25. The Bertz CT molecular complexity index is 123. The number of alkyl halides is 2. The van der Waals surface area contributed by atoms with E-state index in [2.05, 4.69) is 0 Å². The van der Waals surface area contributed by atoms with Crippen molar-refractivity contribution in [3.05, 3.63) is 0 Å².